The van der Waals surface area contributed by atoms with Crippen molar-refractivity contribution in [3.8, 4) is 0 Å². The van der Waals surface area contributed by atoms with Gasteiger partial charge in [-0.3, -0.25) is 0 Å². The van der Waals surface area contributed by atoms with Crippen LogP contribution in [0.1, 0.15) is 89.8 Å². The van der Waals surface area contributed by atoms with Gasteiger partial charge < -0.3 is 0 Å². The van der Waals surface area contributed by atoms with E-state index in [2.05, 4.69) is 67.5 Å². The Labute approximate surface area is 199 Å². The van der Waals surface area contributed by atoms with Gasteiger partial charge in [-0.2, -0.15) is 0 Å². The summed E-state index contributed by atoms with van der Waals surface area (Å²) >= 11 is 0. The second kappa shape index (κ2) is 8.73. The Hall–Kier alpha value is -1.87. The Balaban J connectivity index is 2.53. The molecule has 0 radical (unpaired) electrons. The van der Waals surface area contributed by atoms with Crippen molar-refractivity contribution in [3.63, 3.8) is 0 Å². The van der Waals surface area contributed by atoms with E-state index >= 15 is 0 Å². The summed E-state index contributed by atoms with van der Waals surface area (Å²) in [7, 11) is 2.70. The van der Waals surface area contributed by atoms with Crippen LogP contribution in [0, 0.1) is 11.8 Å². The van der Waals surface area contributed by atoms with Crippen molar-refractivity contribution < 1.29 is 23.6 Å². The second-order valence-corrected chi connectivity index (χ2v) is 15.6. The molecule has 2 atom stereocenters. The SMILES string of the molecule is COC(=O)C1=C(C(=O)OC)P2(c3c(C(C)C)cc(C(C)C)cc3C(C)C)(C[C@H](C)[C@@H](C)C2)O1. The van der Waals surface area contributed by atoms with Gasteiger partial charge in [0.15, 0.2) is 0 Å². The number of hydrogen-bond acceptors (Lipinski definition) is 5. The molecule has 1 aromatic rings. The molecular weight excluding hydrogens is 435 g/mol. The molecule has 3 rings (SSSR count). The summed E-state index contributed by atoms with van der Waals surface area (Å²) in [6.45, 7) is 14.2. The van der Waals surface area contributed by atoms with Gasteiger partial charge in [-0.1, -0.05) is 0 Å². The number of esters is 2. The number of carbonyl (C=O) groups is 2. The topological polar surface area (TPSA) is 61.8 Å². The molecule has 1 fully saturated rings. The molecule has 0 N–H and O–H groups in total. The molecular formula is C27H41O5P. The molecule has 1 saturated heterocycles. The zero-order valence-electron chi connectivity index (χ0n) is 21.9. The van der Waals surface area contributed by atoms with Gasteiger partial charge in [0.25, 0.3) is 0 Å². The van der Waals surface area contributed by atoms with Gasteiger partial charge in [-0.05, 0) is 0 Å². The zero-order valence-corrected chi connectivity index (χ0v) is 22.8. The Bertz CT molecular complexity index is 965. The van der Waals surface area contributed by atoms with Crippen LogP contribution in [0.15, 0.2) is 23.2 Å². The van der Waals surface area contributed by atoms with E-state index in [1.54, 1.807) is 0 Å². The molecule has 2 heterocycles. The molecule has 0 unspecified atom stereocenters. The molecule has 0 aliphatic carbocycles. The summed E-state index contributed by atoms with van der Waals surface area (Å²) in [5, 5.41) is 1.63. The number of carbonyl (C=O) groups excluding carboxylic acids is 2. The molecule has 6 heteroatoms. The molecule has 5 nitrogen and oxygen atoms in total. The standard InChI is InChI=1S/C27H41O5P/c1-15(2)20-11-21(16(3)4)24(22(12-20)17(5)6)33(13-18(7)19(8)14-33)25(27(29)31-10)23(32-33)26(28)30-9/h11-12,15-19H,13-14H2,1-10H3/t18-,19-/m0/s1. The fourth-order valence-electron chi connectivity index (χ4n) is 5.90. The molecule has 0 amide bonds. The van der Waals surface area contributed by atoms with Crippen LogP contribution in [0.3, 0.4) is 0 Å². The van der Waals surface area contributed by atoms with E-state index in [4.69, 9.17) is 14.0 Å². The predicted molar refractivity (Wildman–Crippen MR) is 135 cm³/mol. The van der Waals surface area contributed by atoms with E-state index in [0.717, 1.165) is 12.3 Å². The monoisotopic (exact) mass is 476 g/mol. The van der Waals surface area contributed by atoms with E-state index in [9.17, 15) is 9.59 Å². The van der Waals surface area contributed by atoms with Crippen LogP contribution in [0.5, 0.6) is 0 Å². The first-order valence-corrected chi connectivity index (χ1v) is 14.7. The molecule has 184 valence electrons. The van der Waals surface area contributed by atoms with Crippen molar-refractivity contribution in [2.45, 2.75) is 73.1 Å². The third-order valence-electron chi connectivity index (χ3n) is 7.74. The van der Waals surface area contributed by atoms with Crippen molar-refractivity contribution in [3.05, 3.63) is 39.9 Å². The van der Waals surface area contributed by atoms with Gasteiger partial charge in [0.1, 0.15) is 0 Å². The molecule has 0 saturated carbocycles. The average Bonchev–Trinajstić information content (AvgIpc) is 3.03. The van der Waals surface area contributed by atoms with Crippen LogP contribution in [-0.2, 0) is 23.6 Å². The Morgan fingerprint density at radius 3 is 1.67 bits per heavy atom. The van der Waals surface area contributed by atoms with Crippen LogP contribution in [0.2, 0.25) is 0 Å². The summed E-state index contributed by atoms with van der Waals surface area (Å²) in [6.07, 6.45) is 1.50. The number of benzene rings is 1. The van der Waals surface area contributed by atoms with E-state index < -0.39 is 18.8 Å². The van der Waals surface area contributed by atoms with Crippen molar-refractivity contribution in [1.29, 1.82) is 0 Å². The van der Waals surface area contributed by atoms with E-state index in [0.29, 0.717) is 23.1 Å². The summed E-state index contributed by atoms with van der Waals surface area (Å²) in [6, 6.07) is 4.61. The van der Waals surface area contributed by atoms with Crippen molar-refractivity contribution >= 4 is 24.1 Å². The van der Waals surface area contributed by atoms with Crippen LogP contribution >= 0.6 is 6.83 Å². The van der Waals surface area contributed by atoms with Gasteiger partial charge in [-0.15, -0.1) is 0 Å². The fourth-order valence-corrected chi connectivity index (χ4v) is 13.9. The Morgan fingerprint density at radius 1 is 0.848 bits per heavy atom. The molecule has 2 aliphatic rings. The first kappa shape index (κ1) is 25.7. The molecule has 33 heavy (non-hydrogen) atoms. The van der Waals surface area contributed by atoms with Gasteiger partial charge in [0.2, 0.25) is 0 Å². The van der Waals surface area contributed by atoms with E-state index in [1.165, 1.54) is 36.2 Å². The van der Waals surface area contributed by atoms with Gasteiger partial charge in [0, 0.05) is 0 Å². The minimum atomic E-state index is -3.47. The Morgan fingerprint density at radius 2 is 1.30 bits per heavy atom. The number of hydrogen-bond donors (Lipinski definition) is 0. The second-order valence-electron chi connectivity index (χ2n) is 11.0. The predicted octanol–water partition coefficient (Wildman–Crippen LogP) is 6.02. The quantitative estimate of drug-likeness (QED) is 0.371. The van der Waals surface area contributed by atoms with Gasteiger partial charge in [0.05, 0.1) is 0 Å². The first-order chi connectivity index (χ1) is 15.3. The molecule has 1 aromatic carbocycles. The number of methoxy groups -OCH3 is 2. The van der Waals surface area contributed by atoms with Crippen molar-refractivity contribution in [2.75, 3.05) is 26.5 Å². The third-order valence-corrected chi connectivity index (χ3v) is 14.0. The maximum atomic E-state index is 13.4. The van der Waals surface area contributed by atoms with E-state index in [-0.39, 0.29) is 17.6 Å². The molecule has 2 aliphatic heterocycles. The molecule has 0 bridgehead atoms. The van der Waals surface area contributed by atoms with Crippen LogP contribution < -0.4 is 5.30 Å². The van der Waals surface area contributed by atoms with Gasteiger partial charge >= 0.3 is 199 Å². The van der Waals surface area contributed by atoms with Gasteiger partial charge in [-0.25, -0.2) is 0 Å². The minimum absolute atomic E-state index is 0.0423. The summed E-state index contributed by atoms with van der Waals surface area (Å²) < 4.78 is 17.1. The molecule has 1 spiro atoms. The summed E-state index contributed by atoms with van der Waals surface area (Å²) in [5.41, 5.74) is 3.75. The zero-order chi connectivity index (χ0) is 24.9. The van der Waals surface area contributed by atoms with Crippen LogP contribution in [0.25, 0.3) is 0 Å². The van der Waals surface area contributed by atoms with Crippen molar-refractivity contribution in [2.24, 2.45) is 11.8 Å². The van der Waals surface area contributed by atoms with E-state index in [1.807, 2.05) is 0 Å². The summed E-state index contributed by atoms with van der Waals surface area (Å²) in [5.74, 6) is 0.547. The number of ether oxygens (including phenoxy) is 2. The van der Waals surface area contributed by atoms with Crippen LogP contribution in [-0.4, -0.2) is 38.5 Å². The van der Waals surface area contributed by atoms with Crippen molar-refractivity contribution in [1.82, 2.24) is 0 Å². The summed E-state index contributed by atoms with van der Waals surface area (Å²) in [4.78, 5) is 26.1. The molecule has 0 aromatic heterocycles. The first-order valence-electron chi connectivity index (χ1n) is 12.1. The average molecular weight is 477 g/mol. The fraction of sp³-hybridized carbons (Fsp3) is 0.630. The number of rotatable bonds is 6. The van der Waals surface area contributed by atoms with Crippen LogP contribution in [0.4, 0.5) is 0 Å². The Kier molecular flexibility index (Phi) is 6.81. The third kappa shape index (κ3) is 3.71. The maximum absolute atomic E-state index is 13.4. The normalized spacial score (nSPS) is 24.5.